The summed E-state index contributed by atoms with van der Waals surface area (Å²) in [5.74, 6) is -1.34. The minimum atomic E-state index is -0.989. The largest absolute Gasteiger partial charge is 0.478 e. The van der Waals surface area contributed by atoms with Crippen LogP contribution in [0.15, 0.2) is 23.6 Å². The maximum Gasteiger partial charge on any atom is 0.265 e. The quantitative estimate of drug-likeness (QED) is 0.875. The van der Waals surface area contributed by atoms with Crippen molar-refractivity contribution >= 4 is 28.7 Å². The average Bonchev–Trinajstić information content (AvgIpc) is 2.95. The third-order valence-electron chi connectivity index (χ3n) is 3.48. The lowest BCUT2D eigenvalue weighted by molar-refractivity contribution is -0.122. The lowest BCUT2D eigenvalue weighted by Crippen LogP contribution is -2.35. The summed E-state index contributed by atoms with van der Waals surface area (Å²) in [5.41, 5.74) is 1.48. The van der Waals surface area contributed by atoms with E-state index in [-0.39, 0.29) is 17.3 Å². The minimum Gasteiger partial charge on any atom is -0.478 e. The van der Waals surface area contributed by atoms with Crippen LogP contribution in [0, 0.1) is 18.3 Å². The van der Waals surface area contributed by atoms with Crippen molar-refractivity contribution in [2.75, 3.05) is 5.32 Å². The molecule has 1 N–H and O–H groups in total. The van der Waals surface area contributed by atoms with E-state index in [4.69, 9.17) is 4.74 Å². The van der Waals surface area contributed by atoms with Gasteiger partial charge in [0.15, 0.2) is 23.6 Å². The third-order valence-corrected chi connectivity index (χ3v) is 4.50. The maximum absolute atomic E-state index is 12.8. The van der Waals surface area contributed by atoms with E-state index < -0.39 is 12.0 Å². The molecular formula is C16H13N3O3S. The summed E-state index contributed by atoms with van der Waals surface area (Å²) >= 11 is 1.28. The number of ketones is 1. The Balaban J connectivity index is 2.02. The number of Topliss-reactive ketones (excluding diaryl/α,β-unsaturated/α-hetero) is 1. The molecule has 1 amide bonds. The van der Waals surface area contributed by atoms with Crippen LogP contribution in [0.2, 0.25) is 0 Å². The number of carbonyl (C=O) groups excluding carboxylic acids is 2. The Labute approximate surface area is 136 Å². The monoisotopic (exact) mass is 327 g/mol. The Bertz CT molecular complexity index is 837. The maximum atomic E-state index is 12.8. The van der Waals surface area contributed by atoms with Gasteiger partial charge in [0.25, 0.3) is 5.91 Å². The lowest BCUT2D eigenvalue weighted by Gasteiger charge is -2.25. The molecule has 23 heavy (non-hydrogen) atoms. The van der Waals surface area contributed by atoms with Gasteiger partial charge in [-0.2, -0.15) is 5.26 Å². The standard InChI is InChI=1S/C16H13N3O3S/c1-8-7-23-16(18-8)11(6-17)13(20)10-4-3-5-12-14(10)22-9(2)15(21)19-12/h3-5,7,9,11H,1-2H3,(H,19,21)/t9-,11-/m1/s1. The van der Waals surface area contributed by atoms with E-state index in [0.717, 1.165) is 5.69 Å². The van der Waals surface area contributed by atoms with Gasteiger partial charge in [-0.1, -0.05) is 6.07 Å². The molecule has 2 aromatic rings. The van der Waals surface area contributed by atoms with Crippen molar-refractivity contribution in [2.45, 2.75) is 25.9 Å². The van der Waals surface area contributed by atoms with Gasteiger partial charge >= 0.3 is 0 Å². The molecule has 2 heterocycles. The van der Waals surface area contributed by atoms with E-state index in [1.165, 1.54) is 11.3 Å². The topological polar surface area (TPSA) is 92.1 Å². The van der Waals surface area contributed by atoms with Crippen molar-refractivity contribution in [3.05, 3.63) is 39.8 Å². The van der Waals surface area contributed by atoms with Crippen molar-refractivity contribution in [3.63, 3.8) is 0 Å². The molecule has 2 atom stereocenters. The molecule has 0 fully saturated rings. The Morgan fingerprint density at radius 1 is 1.52 bits per heavy atom. The summed E-state index contributed by atoms with van der Waals surface area (Å²) in [4.78, 5) is 28.7. The Morgan fingerprint density at radius 2 is 2.30 bits per heavy atom. The average molecular weight is 327 g/mol. The zero-order valence-corrected chi connectivity index (χ0v) is 13.3. The number of carbonyl (C=O) groups is 2. The Hall–Kier alpha value is -2.72. The number of benzene rings is 1. The van der Waals surface area contributed by atoms with Crippen LogP contribution < -0.4 is 10.1 Å². The summed E-state index contributed by atoms with van der Waals surface area (Å²) in [6, 6.07) is 6.91. The molecule has 1 aromatic carbocycles. The van der Waals surface area contributed by atoms with Gasteiger partial charge in [0.2, 0.25) is 0 Å². The number of hydrogen-bond acceptors (Lipinski definition) is 6. The summed E-state index contributed by atoms with van der Waals surface area (Å²) in [6.07, 6.45) is -0.695. The number of thiazole rings is 1. The molecule has 116 valence electrons. The molecule has 1 aliphatic rings. The van der Waals surface area contributed by atoms with Crippen LogP contribution in [-0.4, -0.2) is 22.8 Å². The molecule has 3 rings (SSSR count). The van der Waals surface area contributed by atoms with Crippen LogP contribution in [0.1, 0.15) is 33.9 Å². The number of anilines is 1. The summed E-state index contributed by atoms with van der Waals surface area (Å²) in [5, 5.41) is 14.4. The van der Waals surface area contributed by atoms with Gasteiger partial charge in [0, 0.05) is 11.1 Å². The van der Waals surface area contributed by atoms with Gasteiger partial charge in [-0.05, 0) is 26.0 Å². The number of para-hydroxylation sites is 1. The van der Waals surface area contributed by atoms with Crippen molar-refractivity contribution in [1.29, 1.82) is 5.26 Å². The number of hydrogen-bond donors (Lipinski definition) is 1. The number of amides is 1. The first-order valence-electron chi connectivity index (χ1n) is 6.97. The Kier molecular flexibility index (Phi) is 3.84. The van der Waals surface area contributed by atoms with Gasteiger partial charge < -0.3 is 10.1 Å². The van der Waals surface area contributed by atoms with Crippen molar-refractivity contribution in [2.24, 2.45) is 0 Å². The first-order chi connectivity index (χ1) is 11.0. The number of nitrogens with zero attached hydrogens (tertiary/aromatic N) is 2. The van der Waals surface area contributed by atoms with Gasteiger partial charge in [0.05, 0.1) is 17.3 Å². The van der Waals surface area contributed by atoms with Crippen LogP contribution in [0.25, 0.3) is 0 Å². The van der Waals surface area contributed by atoms with Gasteiger partial charge in [0.1, 0.15) is 5.01 Å². The van der Waals surface area contributed by atoms with E-state index in [1.54, 1.807) is 30.5 Å². The fraction of sp³-hybridized carbons (Fsp3) is 0.250. The number of nitrogens with one attached hydrogen (secondary N) is 1. The number of aromatic nitrogens is 1. The fourth-order valence-electron chi connectivity index (χ4n) is 2.31. The predicted molar refractivity (Wildman–Crippen MR) is 84.7 cm³/mol. The highest BCUT2D eigenvalue weighted by Gasteiger charge is 2.32. The predicted octanol–water partition coefficient (Wildman–Crippen LogP) is 2.66. The second kappa shape index (κ2) is 5.82. The van der Waals surface area contributed by atoms with Gasteiger partial charge in [-0.3, -0.25) is 9.59 Å². The molecule has 0 aliphatic carbocycles. The highest BCUT2D eigenvalue weighted by molar-refractivity contribution is 7.10. The summed E-state index contributed by atoms with van der Waals surface area (Å²) in [6.45, 7) is 3.41. The van der Waals surface area contributed by atoms with Crippen LogP contribution in [0.5, 0.6) is 5.75 Å². The number of rotatable bonds is 3. The van der Waals surface area contributed by atoms with Gasteiger partial charge in [-0.15, -0.1) is 11.3 Å². The van der Waals surface area contributed by atoms with Crippen LogP contribution in [0.3, 0.4) is 0 Å². The Morgan fingerprint density at radius 3 is 2.96 bits per heavy atom. The number of aryl methyl sites for hydroxylation is 1. The highest BCUT2D eigenvalue weighted by atomic mass is 32.1. The van der Waals surface area contributed by atoms with Gasteiger partial charge in [-0.25, -0.2) is 4.98 Å². The zero-order valence-electron chi connectivity index (χ0n) is 12.5. The van der Waals surface area contributed by atoms with Crippen LogP contribution in [0.4, 0.5) is 5.69 Å². The molecule has 0 saturated carbocycles. The van der Waals surface area contributed by atoms with E-state index in [2.05, 4.69) is 10.3 Å². The molecular weight excluding hydrogens is 314 g/mol. The zero-order chi connectivity index (χ0) is 16.6. The fourth-order valence-corrected chi connectivity index (χ4v) is 3.14. The molecule has 6 nitrogen and oxygen atoms in total. The number of ether oxygens (including phenoxy) is 1. The number of nitriles is 1. The first-order valence-corrected chi connectivity index (χ1v) is 7.85. The molecule has 0 spiro atoms. The van der Waals surface area contributed by atoms with E-state index in [9.17, 15) is 14.9 Å². The molecule has 0 saturated heterocycles. The van der Waals surface area contributed by atoms with Crippen molar-refractivity contribution in [3.8, 4) is 11.8 Å². The lowest BCUT2D eigenvalue weighted by atomic mass is 9.97. The first kappa shape index (κ1) is 15.2. The molecule has 1 aromatic heterocycles. The second-order valence-corrected chi connectivity index (χ2v) is 6.07. The highest BCUT2D eigenvalue weighted by Crippen LogP contribution is 2.36. The smallest absolute Gasteiger partial charge is 0.265 e. The normalized spacial score (nSPS) is 17.4. The molecule has 0 unspecified atom stereocenters. The number of fused-ring (bicyclic) bond motifs is 1. The van der Waals surface area contributed by atoms with E-state index >= 15 is 0 Å². The molecule has 1 aliphatic heterocycles. The van der Waals surface area contributed by atoms with E-state index in [1.807, 2.05) is 13.0 Å². The van der Waals surface area contributed by atoms with E-state index in [0.29, 0.717) is 16.4 Å². The molecule has 0 bridgehead atoms. The van der Waals surface area contributed by atoms with Crippen molar-refractivity contribution < 1.29 is 14.3 Å². The SMILES string of the molecule is Cc1csc([C@H](C#N)C(=O)c2cccc3c2O[C@H](C)C(=O)N3)n1. The third kappa shape index (κ3) is 2.69. The van der Waals surface area contributed by atoms with Crippen LogP contribution in [-0.2, 0) is 4.79 Å². The molecule has 7 heteroatoms. The summed E-state index contributed by atoms with van der Waals surface area (Å²) in [7, 11) is 0. The second-order valence-electron chi connectivity index (χ2n) is 5.19. The van der Waals surface area contributed by atoms with Crippen LogP contribution >= 0.6 is 11.3 Å². The molecule has 0 radical (unpaired) electrons. The summed E-state index contributed by atoms with van der Waals surface area (Å²) < 4.78 is 5.57. The minimum absolute atomic E-state index is 0.269. The van der Waals surface area contributed by atoms with Crippen molar-refractivity contribution in [1.82, 2.24) is 4.98 Å².